The standard InChI is InChI=1S/C15H23NO.C10H8O3S2/c1-2-14-9-11-16(13-14)10-6-12-17-15-7-4-3-5-8-15;11-9(12)10(13,7-3-1-5-14-7)8-4-2-6-15-8/h3-5,7-8,14H,2,6,9-13H2,1H3;1-6,13H,(H,11,12)/p+1. The first kappa shape index (κ1) is 24.5. The third-order valence-electron chi connectivity index (χ3n) is 5.81. The lowest BCUT2D eigenvalue weighted by Gasteiger charge is -2.20. The Morgan fingerprint density at radius 2 is 1.75 bits per heavy atom. The molecule has 0 saturated carbocycles. The predicted molar refractivity (Wildman–Crippen MR) is 130 cm³/mol. The van der Waals surface area contributed by atoms with Crippen LogP contribution in [0.5, 0.6) is 5.75 Å². The van der Waals surface area contributed by atoms with Crippen molar-refractivity contribution in [3.63, 3.8) is 0 Å². The second-order valence-electron chi connectivity index (χ2n) is 8.00. The molecule has 3 N–H and O–H groups in total. The number of aliphatic hydroxyl groups is 1. The van der Waals surface area contributed by atoms with Crippen molar-refractivity contribution in [2.45, 2.75) is 31.8 Å². The van der Waals surface area contributed by atoms with Crippen molar-refractivity contribution in [2.24, 2.45) is 5.92 Å². The smallest absolute Gasteiger partial charge is 0.346 e. The number of carbonyl (C=O) groups is 1. The fraction of sp³-hybridized carbons (Fsp3) is 0.400. The van der Waals surface area contributed by atoms with E-state index in [0.717, 1.165) is 18.3 Å². The van der Waals surface area contributed by atoms with Crippen molar-refractivity contribution in [1.82, 2.24) is 0 Å². The lowest BCUT2D eigenvalue weighted by molar-refractivity contribution is -0.889. The van der Waals surface area contributed by atoms with Crippen molar-refractivity contribution < 1.29 is 24.6 Å². The molecule has 2 atom stereocenters. The minimum Gasteiger partial charge on any atom is -0.493 e. The van der Waals surface area contributed by atoms with Gasteiger partial charge in [-0.15, -0.1) is 22.7 Å². The first-order chi connectivity index (χ1) is 15.5. The van der Waals surface area contributed by atoms with E-state index in [1.54, 1.807) is 39.9 Å². The van der Waals surface area contributed by atoms with Gasteiger partial charge in [0.25, 0.3) is 0 Å². The minimum atomic E-state index is -1.90. The number of likely N-dealkylation sites (tertiary alicyclic amines) is 1. The van der Waals surface area contributed by atoms with Gasteiger partial charge in [0.2, 0.25) is 5.60 Å². The van der Waals surface area contributed by atoms with Gasteiger partial charge in [-0.3, -0.25) is 0 Å². The van der Waals surface area contributed by atoms with Gasteiger partial charge in [0, 0.05) is 18.8 Å². The van der Waals surface area contributed by atoms with Crippen LogP contribution in [0.1, 0.15) is 35.9 Å². The molecule has 0 bridgehead atoms. The van der Waals surface area contributed by atoms with Crippen LogP contribution in [-0.2, 0) is 10.4 Å². The summed E-state index contributed by atoms with van der Waals surface area (Å²) in [7, 11) is 0. The molecule has 2 aromatic heterocycles. The summed E-state index contributed by atoms with van der Waals surface area (Å²) in [6, 6.07) is 16.8. The molecule has 1 saturated heterocycles. The molecule has 5 nitrogen and oxygen atoms in total. The molecule has 3 heterocycles. The van der Waals surface area contributed by atoms with E-state index >= 15 is 0 Å². The Morgan fingerprint density at radius 1 is 1.09 bits per heavy atom. The van der Waals surface area contributed by atoms with Crippen LogP contribution in [0.2, 0.25) is 0 Å². The van der Waals surface area contributed by atoms with E-state index < -0.39 is 11.6 Å². The monoisotopic (exact) mass is 474 g/mol. The van der Waals surface area contributed by atoms with Crippen LogP contribution < -0.4 is 9.64 Å². The Bertz CT molecular complexity index is 879. The molecule has 0 aliphatic carbocycles. The van der Waals surface area contributed by atoms with Gasteiger partial charge >= 0.3 is 5.97 Å². The van der Waals surface area contributed by atoms with Crippen LogP contribution in [0.15, 0.2) is 65.4 Å². The number of benzene rings is 1. The fourth-order valence-electron chi connectivity index (χ4n) is 3.93. The average molecular weight is 475 g/mol. The normalized spacial score (nSPS) is 18.1. The summed E-state index contributed by atoms with van der Waals surface area (Å²) < 4.78 is 5.71. The van der Waals surface area contributed by atoms with E-state index in [9.17, 15) is 9.90 Å². The van der Waals surface area contributed by atoms with Crippen molar-refractivity contribution >= 4 is 28.6 Å². The molecule has 32 heavy (non-hydrogen) atoms. The summed E-state index contributed by atoms with van der Waals surface area (Å²) >= 11 is 2.46. The van der Waals surface area contributed by atoms with E-state index in [-0.39, 0.29) is 0 Å². The number of quaternary nitrogens is 1. The van der Waals surface area contributed by atoms with Gasteiger partial charge in [-0.1, -0.05) is 37.3 Å². The molecular weight excluding hydrogens is 442 g/mol. The Hall–Kier alpha value is -2.19. The van der Waals surface area contributed by atoms with Gasteiger partial charge in [0.1, 0.15) is 5.75 Å². The van der Waals surface area contributed by atoms with Gasteiger partial charge in [-0.25, -0.2) is 4.79 Å². The number of carboxylic acid groups (broad SMARTS) is 1. The minimum absolute atomic E-state index is 0.428. The van der Waals surface area contributed by atoms with E-state index in [4.69, 9.17) is 9.84 Å². The van der Waals surface area contributed by atoms with Gasteiger partial charge in [0.05, 0.1) is 36.0 Å². The molecule has 2 unspecified atom stereocenters. The maximum absolute atomic E-state index is 11.2. The number of nitrogens with one attached hydrogen (secondary N) is 1. The number of ether oxygens (including phenoxy) is 1. The van der Waals surface area contributed by atoms with E-state index in [2.05, 4.69) is 6.92 Å². The second kappa shape index (κ2) is 12.2. The van der Waals surface area contributed by atoms with Crippen LogP contribution >= 0.6 is 22.7 Å². The molecule has 4 rings (SSSR count). The van der Waals surface area contributed by atoms with Gasteiger partial charge in [0.15, 0.2) is 0 Å². The summed E-state index contributed by atoms with van der Waals surface area (Å²) in [6.07, 6.45) is 3.94. The zero-order chi connectivity index (χ0) is 22.8. The zero-order valence-corrected chi connectivity index (χ0v) is 20.0. The van der Waals surface area contributed by atoms with Crippen LogP contribution in [0, 0.1) is 5.92 Å². The zero-order valence-electron chi connectivity index (χ0n) is 18.4. The van der Waals surface area contributed by atoms with Crippen molar-refractivity contribution in [3.8, 4) is 5.75 Å². The molecule has 7 heteroatoms. The molecule has 0 spiro atoms. The molecule has 1 aromatic carbocycles. The fourth-order valence-corrected chi connectivity index (χ4v) is 5.65. The predicted octanol–water partition coefficient (Wildman–Crippen LogP) is 3.90. The summed E-state index contributed by atoms with van der Waals surface area (Å²) in [5.41, 5.74) is -1.90. The molecule has 3 aromatic rings. The van der Waals surface area contributed by atoms with Gasteiger partial charge in [-0.2, -0.15) is 0 Å². The molecule has 1 fully saturated rings. The number of hydrogen-bond donors (Lipinski definition) is 3. The Labute approximate surface area is 197 Å². The quantitative estimate of drug-likeness (QED) is 0.412. The highest BCUT2D eigenvalue weighted by Gasteiger charge is 2.42. The van der Waals surface area contributed by atoms with Crippen molar-refractivity contribution in [3.05, 3.63) is 75.1 Å². The van der Waals surface area contributed by atoms with Gasteiger partial charge in [-0.05, 0) is 41.4 Å². The Morgan fingerprint density at radius 3 is 2.25 bits per heavy atom. The summed E-state index contributed by atoms with van der Waals surface area (Å²) in [4.78, 5) is 13.8. The number of thiophene rings is 2. The van der Waals surface area contributed by atoms with Crippen LogP contribution in [0.25, 0.3) is 0 Å². The number of para-hydroxylation sites is 1. The van der Waals surface area contributed by atoms with Crippen LogP contribution in [0.3, 0.4) is 0 Å². The molecular formula is C25H32NO4S2+. The number of rotatable bonds is 9. The van der Waals surface area contributed by atoms with Gasteiger partial charge < -0.3 is 19.8 Å². The Balaban J connectivity index is 0.000000182. The largest absolute Gasteiger partial charge is 0.493 e. The second-order valence-corrected chi connectivity index (χ2v) is 9.90. The molecule has 172 valence electrons. The number of carboxylic acids is 1. The SMILES string of the molecule is CCC1CC[NH+](CCCOc2ccccc2)C1.O=C(O)C(O)(c1cccs1)c1cccs1. The number of aliphatic carboxylic acids is 1. The highest BCUT2D eigenvalue weighted by molar-refractivity contribution is 7.12. The molecule has 1 aliphatic rings. The third-order valence-corrected chi connectivity index (χ3v) is 7.77. The van der Waals surface area contributed by atoms with Crippen LogP contribution in [-0.4, -0.2) is 42.4 Å². The number of hydrogen-bond acceptors (Lipinski definition) is 5. The summed E-state index contributed by atoms with van der Waals surface area (Å²) in [5.74, 6) is 0.725. The maximum Gasteiger partial charge on any atom is 0.346 e. The highest BCUT2D eigenvalue weighted by Crippen LogP contribution is 2.35. The van der Waals surface area contributed by atoms with Crippen molar-refractivity contribution in [1.29, 1.82) is 0 Å². The summed E-state index contributed by atoms with van der Waals surface area (Å²) in [5, 5.41) is 22.9. The molecule has 0 radical (unpaired) electrons. The maximum atomic E-state index is 11.2. The lowest BCUT2D eigenvalue weighted by Crippen LogP contribution is -3.10. The lowest BCUT2D eigenvalue weighted by atomic mass is 10.0. The average Bonchev–Trinajstić information content (AvgIpc) is 3.59. The Kier molecular flexibility index (Phi) is 9.29. The first-order valence-corrected chi connectivity index (χ1v) is 12.8. The molecule has 0 amide bonds. The highest BCUT2D eigenvalue weighted by atomic mass is 32.1. The van der Waals surface area contributed by atoms with E-state index in [1.807, 2.05) is 30.3 Å². The topological polar surface area (TPSA) is 71.2 Å². The third kappa shape index (κ3) is 6.42. The first-order valence-electron chi connectivity index (χ1n) is 11.1. The van der Waals surface area contributed by atoms with E-state index in [1.165, 1.54) is 61.6 Å². The van der Waals surface area contributed by atoms with E-state index in [0.29, 0.717) is 9.75 Å². The van der Waals surface area contributed by atoms with Crippen LogP contribution in [0.4, 0.5) is 0 Å². The van der Waals surface area contributed by atoms with Crippen molar-refractivity contribution in [2.75, 3.05) is 26.2 Å². The summed E-state index contributed by atoms with van der Waals surface area (Å²) in [6.45, 7) is 7.17. The molecule has 1 aliphatic heterocycles.